The van der Waals surface area contributed by atoms with Gasteiger partial charge < -0.3 is 15.2 Å². The predicted octanol–water partition coefficient (Wildman–Crippen LogP) is 1.59. The number of thiophene rings is 1. The number of carboxylic acid groups (broad SMARTS) is 1. The standard InChI is InChI=1S/C14H19N3O4S/c1-7(2)11-8-5-10(22-13(8)17(3)16-11)12(18)15-9(6-21-4)14(19)20/h5,7,9H,6H2,1-4H3,(H,15,18)(H,19,20). The van der Waals surface area contributed by atoms with Gasteiger partial charge >= 0.3 is 5.97 Å². The lowest BCUT2D eigenvalue weighted by atomic mass is 10.1. The van der Waals surface area contributed by atoms with Crippen molar-refractivity contribution in [3.8, 4) is 0 Å². The number of nitrogens with zero attached hydrogens (tertiary/aromatic N) is 2. The molecule has 7 nitrogen and oxygen atoms in total. The van der Waals surface area contributed by atoms with E-state index in [4.69, 9.17) is 9.84 Å². The van der Waals surface area contributed by atoms with Gasteiger partial charge in [-0.25, -0.2) is 4.79 Å². The van der Waals surface area contributed by atoms with E-state index >= 15 is 0 Å². The highest BCUT2D eigenvalue weighted by molar-refractivity contribution is 7.20. The third-order valence-electron chi connectivity index (χ3n) is 3.25. The lowest BCUT2D eigenvalue weighted by Gasteiger charge is -2.12. The van der Waals surface area contributed by atoms with Gasteiger partial charge in [0.2, 0.25) is 0 Å². The normalized spacial score (nSPS) is 12.8. The molecule has 2 heterocycles. The summed E-state index contributed by atoms with van der Waals surface area (Å²) < 4.78 is 6.56. The number of aromatic nitrogens is 2. The third kappa shape index (κ3) is 3.12. The molecule has 0 aliphatic carbocycles. The van der Waals surface area contributed by atoms with E-state index in [1.54, 1.807) is 10.7 Å². The molecule has 2 aromatic heterocycles. The smallest absolute Gasteiger partial charge is 0.328 e. The first-order valence-corrected chi connectivity index (χ1v) is 7.65. The van der Waals surface area contributed by atoms with Crippen molar-refractivity contribution in [2.24, 2.45) is 7.05 Å². The molecule has 2 aromatic rings. The van der Waals surface area contributed by atoms with Crippen molar-refractivity contribution >= 4 is 33.4 Å². The van der Waals surface area contributed by atoms with E-state index in [0.717, 1.165) is 15.9 Å². The number of aryl methyl sites for hydroxylation is 1. The summed E-state index contributed by atoms with van der Waals surface area (Å²) in [6, 6.07) is 0.703. The van der Waals surface area contributed by atoms with E-state index in [-0.39, 0.29) is 12.5 Å². The first kappa shape index (κ1) is 16.4. The molecule has 0 aliphatic heterocycles. The van der Waals surface area contributed by atoms with Crippen molar-refractivity contribution in [2.75, 3.05) is 13.7 Å². The fourth-order valence-corrected chi connectivity index (χ4v) is 3.16. The van der Waals surface area contributed by atoms with Gasteiger partial charge in [0.1, 0.15) is 4.83 Å². The lowest BCUT2D eigenvalue weighted by Crippen LogP contribution is -2.43. The van der Waals surface area contributed by atoms with Crippen LogP contribution in [0.2, 0.25) is 0 Å². The molecular weight excluding hydrogens is 306 g/mol. The van der Waals surface area contributed by atoms with Crippen molar-refractivity contribution in [2.45, 2.75) is 25.8 Å². The predicted molar refractivity (Wildman–Crippen MR) is 83.4 cm³/mol. The summed E-state index contributed by atoms with van der Waals surface area (Å²) in [6.07, 6.45) is 0. The van der Waals surface area contributed by atoms with Crippen LogP contribution in [0.25, 0.3) is 10.2 Å². The van der Waals surface area contributed by atoms with Crippen LogP contribution in [0, 0.1) is 0 Å². The molecule has 0 radical (unpaired) electrons. The Hall–Kier alpha value is -1.93. The van der Waals surface area contributed by atoms with Gasteiger partial charge in [0.25, 0.3) is 5.91 Å². The van der Waals surface area contributed by atoms with Gasteiger partial charge in [-0.3, -0.25) is 9.48 Å². The van der Waals surface area contributed by atoms with Crippen LogP contribution < -0.4 is 5.32 Å². The molecule has 0 bridgehead atoms. The number of aliphatic carboxylic acids is 1. The zero-order chi connectivity index (χ0) is 16.4. The molecule has 0 aliphatic rings. The molecule has 1 atom stereocenters. The maximum atomic E-state index is 12.2. The third-order valence-corrected chi connectivity index (χ3v) is 4.45. The van der Waals surface area contributed by atoms with Crippen molar-refractivity contribution in [1.29, 1.82) is 0 Å². The first-order valence-electron chi connectivity index (χ1n) is 6.84. The summed E-state index contributed by atoms with van der Waals surface area (Å²) in [5.74, 6) is -1.30. The maximum Gasteiger partial charge on any atom is 0.328 e. The lowest BCUT2D eigenvalue weighted by molar-refractivity contribution is -0.140. The summed E-state index contributed by atoms with van der Waals surface area (Å²) in [7, 11) is 3.22. The highest BCUT2D eigenvalue weighted by Gasteiger charge is 2.23. The number of carbonyl (C=O) groups excluding carboxylic acids is 1. The molecule has 0 aromatic carbocycles. The number of nitrogens with one attached hydrogen (secondary N) is 1. The molecule has 22 heavy (non-hydrogen) atoms. The van der Waals surface area contributed by atoms with Gasteiger partial charge in [-0.1, -0.05) is 13.8 Å². The molecule has 0 spiro atoms. The van der Waals surface area contributed by atoms with Gasteiger partial charge in [-0.2, -0.15) is 5.10 Å². The van der Waals surface area contributed by atoms with E-state index in [9.17, 15) is 9.59 Å². The molecule has 1 amide bonds. The minimum Gasteiger partial charge on any atom is -0.480 e. The van der Waals surface area contributed by atoms with Crippen molar-refractivity contribution < 1.29 is 19.4 Å². The SMILES string of the molecule is COCC(NC(=O)c1cc2c(C(C)C)nn(C)c2s1)C(=O)O. The van der Waals surface area contributed by atoms with Gasteiger partial charge in [0, 0.05) is 19.5 Å². The van der Waals surface area contributed by atoms with E-state index in [1.807, 2.05) is 20.9 Å². The van der Waals surface area contributed by atoms with Gasteiger partial charge in [-0.05, 0) is 12.0 Å². The average Bonchev–Trinajstić information content (AvgIpc) is 2.99. The minimum atomic E-state index is -1.12. The number of methoxy groups -OCH3 is 1. The van der Waals surface area contributed by atoms with Crippen LogP contribution in [-0.2, 0) is 16.6 Å². The Kier molecular flexibility index (Phi) is 4.82. The van der Waals surface area contributed by atoms with Gasteiger partial charge in [-0.15, -0.1) is 11.3 Å². The van der Waals surface area contributed by atoms with E-state index in [0.29, 0.717) is 4.88 Å². The Bertz CT molecular complexity index is 704. The zero-order valence-electron chi connectivity index (χ0n) is 12.9. The number of fused-ring (bicyclic) bond motifs is 1. The molecule has 0 fully saturated rings. The Morgan fingerprint density at radius 3 is 2.73 bits per heavy atom. The maximum absolute atomic E-state index is 12.2. The van der Waals surface area contributed by atoms with Crippen LogP contribution in [0.4, 0.5) is 0 Å². The van der Waals surface area contributed by atoms with Gasteiger partial charge in [0.15, 0.2) is 6.04 Å². The van der Waals surface area contributed by atoms with Crippen LogP contribution in [0.3, 0.4) is 0 Å². The summed E-state index contributed by atoms with van der Waals surface area (Å²) >= 11 is 1.30. The summed E-state index contributed by atoms with van der Waals surface area (Å²) in [5.41, 5.74) is 0.930. The van der Waals surface area contributed by atoms with E-state index in [1.165, 1.54) is 18.4 Å². The molecule has 120 valence electrons. The molecule has 1 unspecified atom stereocenters. The number of rotatable bonds is 6. The van der Waals surface area contributed by atoms with Crippen molar-refractivity contribution in [1.82, 2.24) is 15.1 Å². The van der Waals surface area contributed by atoms with Crippen molar-refractivity contribution in [3.05, 3.63) is 16.6 Å². The zero-order valence-corrected chi connectivity index (χ0v) is 13.7. The van der Waals surface area contributed by atoms with Crippen LogP contribution >= 0.6 is 11.3 Å². The molecule has 2 rings (SSSR count). The summed E-state index contributed by atoms with van der Waals surface area (Å²) in [5, 5.41) is 16.9. The molecule has 2 N–H and O–H groups in total. The van der Waals surface area contributed by atoms with Crippen LogP contribution in [0.15, 0.2) is 6.07 Å². The second-order valence-electron chi connectivity index (χ2n) is 5.31. The average molecular weight is 325 g/mol. The number of amides is 1. The number of carbonyl (C=O) groups is 2. The topological polar surface area (TPSA) is 93.5 Å². The number of hydrogen-bond donors (Lipinski definition) is 2. The summed E-state index contributed by atoms with van der Waals surface area (Å²) in [6.45, 7) is 4.00. The minimum absolute atomic E-state index is 0.0786. The fourth-order valence-electron chi connectivity index (χ4n) is 2.18. The Morgan fingerprint density at radius 1 is 1.50 bits per heavy atom. The number of hydrogen-bond acceptors (Lipinski definition) is 5. The Morgan fingerprint density at radius 2 is 2.18 bits per heavy atom. The first-order chi connectivity index (χ1) is 10.3. The second-order valence-corrected chi connectivity index (χ2v) is 6.34. The van der Waals surface area contributed by atoms with Crippen LogP contribution in [0.5, 0.6) is 0 Å². The number of carboxylic acids is 1. The fraction of sp³-hybridized carbons (Fsp3) is 0.500. The Labute approximate surface area is 131 Å². The van der Waals surface area contributed by atoms with Gasteiger partial charge in [0.05, 0.1) is 17.2 Å². The molecule has 8 heteroatoms. The van der Waals surface area contributed by atoms with Crippen molar-refractivity contribution in [3.63, 3.8) is 0 Å². The quantitative estimate of drug-likeness (QED) is 0.841. The molecule has 0 saturated heterocycles. The Balaban J connectivity index is 2.29. The van der Waals surface area contributed by atoms with E-state index < -0.39 is 17.9 Å². The summed E-state index contributed by atoms with van der Waals surface area (Å²) in [4.78, 5) is 24.7. The van der Waals surface area contributed by atoms with E-state index in [2.05, 4.69) is 10.4 Å². The largest absolute Gasteiger partial charge is 0.480 e. The monoisotopic (exact) mass is 325 g/mol. The molecular formula is C14H19N3O4S. The second kappa shape index (κ2) is 6.45. The van der Waals surface area contributed by atoms with Crippen LogP contribution in [0.1, 0.15) is 35.1 Å². The van der Waals surface area contributed by atoms with Crippen LogP contribution in [-0.4, -0.2) is 46.5 Å². The highest BCUT2D eigenvalue weighted by Crippen LogP contribution is 2.31. The highest BCUT2D eigenvalue weighted by atomic mass is 32.1. The molecule has 0 saturated carbocycles. The number of ether oxygens (including phenoxy) is 1.